The second-order valence-electron chi connectivity index (χ2n) is 2.60. The standard InChI is InChI=1S/C5H9NO8S/c6-5(4(9)10,2-1-3(7)8)14-15(11,12)13/h1-2,6H2,(H,7,8)(H,9,10)(H,11,12,13)/t5-/m0/s1. The topological polar surface area (TPSA) is 164 Å². The highest BCUT2D eigenvalue weighted by atomic mass is 32.3. The number of carboxylic acids is 2. The molecule has 0 aliphatic heterocycles. The minimum absolute atomic E-state index is 0.724. The maximum Gasteiger partial charge on any atom is 0.399 e. The van der Waals surface area contributed by atoms with Gasteiger partial charge >= 0.3 is 22.3 Å². The van der Waals surface area contributed by atoms with E-state index in [-0.39, 0.29) is 0 Å². The second kappa shape index (κ2) is 4.53. The SMILES string of the molecule is N[C@@](CCC(=O)O)(OS(=O)(=O)O)C(=O)O. The minimum Gasteiger partial charge on any atom is -0.481 e. The summed E-state index contributed by atoms with van der Waals surface area (Å²) < 4.78 is 32.4. The minimum atomic E-state index is -5.07. The summed E-state index contributed by atoms with van der Waals surface area (Å²) in [5.74, 6) is -3.29. The third-order valence-corrected chi connectivity index (χ3v) is 1.83. The summed E-state index contributed by atoms with van der Waals surface area (Å²) in [4.78, 5) is 20.6. The molecular formula is C5H9NO8S. The molecule has 9 nitrogen and oxygen atoms in total. The first-order chi connectivity index (χ1) is 6.57. The van der Waals surface area contributed by atoms with Gasteiger partial charge in [-0.25, -0.2) is 8.98 Å². The molecule has 0 radical (unpaired) electrons. The van der Waals surface area contributed by atoms with E-state index >= 15 is 0 Å². The van der Waals surface area contributed by atoms with Crippen LogP contribution in [0.4, 0.5) is 0 Å². The fourth-order valence-electron chi connectivity index (χ4n) is 0.665. The molecule has 0 aromatic heterocycles. The molecule has 0 unspecified atom stereocenters. The molecule has 88 valence electrons. The molecule has 0 aromatic carbocycles. The Labute approximate surface area is 84.4 Å². The van der Waals surface area contributed by atoms with Gasteiger partial charge in [0.1, 0.15) is 0 Å². The Kier molecular flexibility index (Phi) is 4.16. The summed E-state index contributed by atoms with van der Waals surface area (Å²) >= 11 is 0. The van der Waals surface area contributed by atoms with Crippen molar-refractivity contribution in [1.29, 1.82) is 0 Å². The second-order valence-corrected chi connectivity index (χ2v) is 3.62. The fourth-order valence-corrected chi connectivity index (χ4v) is 1.20. The van der Waals surface area contributed by atoms with E-state index in [0.29, 0.717) is 0 Å². The number of aliphatic carboxylic acids is 2. The van der Waals surface area contributed by atoms with Gasteiger partial charge in [0, 0.05) is 6.42 Å². The van der Waals surface area contributed by atoms with E-state index in [1.807, 2.05) is 0 Å². The molecule has 0 spiro atoms. The first-order valence-electron chi connectivity index (χ1n) is 3.49. The molecule has 0 aromatic rings. The van der Waals surface area contributed by atoms with Crippen LogP contribution in [-0.2, 0) is 24.2 Å². The highest BCUT2D eigenvalue weighted by molar-refractivity contribution is 7.81. The van der Waals surface area contributed by atoms with Crippen LogP contribution in [0.15, 0.2) is 0 Å². The van der Waals surface area contributed by atoms with Crippen LogP contribution in [0, 0.1) is 0 Å². The van der Waals surface area contributed by atoms with Gasteiger partial charge in [0.2, 0.25) is 5.72 Å². The zero-order valence-corrected chi connectivity index (χ0v) is 8.10. The van der Waals surface area contributed by atoms with Crippen LogP contribution in [0.3, 0.4) is 0 Å². The van der Waals surface area contributed by atoms with Crippen LogP contribution in [0.2, 0.25) is 0 Å². The summed E-state index contributed by atoms with van der Waals surface area (Å²) in [7, 11) is -5.07. The van der Waals surface area contributed by atoms with E-state index in [4.69, 9.17) is 20.5 Å². The Morgan fingerprint density at radius 2 is 1.80 bits per heavy atom. The largest absolute Gasteiger partial charge is 0.481 e. The van der Waals surface area contributed by atoms with Crippen molar-refractivity contribution in [3.8, 4) is 0 Å². The lowest BCUT2D eigenvalue weighted by Gasteiger charge is -2.21. The van der Waals surface area contributed by atoms with Crippen LogP contribution >= 0.6 is 0 Å². The summed E-state index contributed by atoms with van der Waals surface area (Å²) in [6.07, 6.45) is -1.53. The number of rotatable bonds is 6. The number of hydrogen-bond donors (Lipinski definition) is 4. The highest BCUT2D eigenvalue weighted by Gasteiger charge is 2.40. The first-order valence-corrected chi connectivity index (χ1v) is 4.85. The molecule has 0 heterocycles. The summed E-state index contributed by atoms with van der Waals surface area (Å²) in [5.41, 5.74) is 2.17. The molecule has 0 rings (SSSR count). The molecule has 0 saturated heterocycles. The van der Waals surface area contributed by atoms with Gasteiger partial charge in [0.25, 0.3) is 0 Å². The predicted octanol–water partition coefficient (Wildman–Crippen LogP) is -1.59. The van der Waals surface area contributed by atoms with Crippen molar-refractivity contribution >= 4 is 22.3 Å². The maximum atomic E-state index is 10.5. The van der Waals surface area contributed by atoms with E-state index in [1.165, 1.54) is 0 Å². The quantitative estimate of drug-likeness (QED) is 0.318. The molecule has 0 fully saturated rings. The molecular weight excluding hydrogens is 234 g/mol. The maximum absolute atomic E-state index is 10.5. The van der Waals surface area contributed by atoms with Crippen molar-refractivity contribution in [3.63, 3.8) is 0 Å². The fraction of sp³-hybridized carbons (Fsp3) is 0.600. The Morgan fingerprint density at radius 3 is 2.07 bits per heavy atom. The Balaban J connectivity index is 4.75. The third-order valence-electron chi connectivity index (χ3n) is 1.33. The molecule has 10 heteroatoms. The van der Waals surface area contributed by atoms with Gasteiger partial charge in [-0.05, 0) is 0 Å². The van der Waals surface area contributed by atoms with Gasteiger partial charge in [-0.3, -0.25) is 15.1 Å². The van der Waals surface area contributed by atoms with E-state index in [1.54, 1.807) is 0 Å². The van der Waals surface area contributed by atoms with Gasteiger partial charge in [-0.1, -0.05) is 0 Å². The van der Waals surface area contributed by atoms with E-state index in [0.717, 1.165) is 0 Å². The van der Waals surface area contributed by atoms with Crippen LogP contribution in [-0.4, -0.2) is 40.8 Å². The van der Waals surface area contributed by atoms with Crippen molar-refractivity contribution in [2.75, 3.05) is 0 Å². The molecule has 5 N–H and O–H groups in total. The Hall–Kier alpha value is -1.23. The van der Waals surface area contributed by atoms with Crippen LogP contribution in [0.5, 0.6) is 0 Å². The van der Waals surface area contributed by atoms with Crippen LogP contribution in [0.25, 0.3) is 0 Å². The average molecular weight is 243 g/mol. The Bertz CT molecular complexity index is 361. The van der Waals surface area contributed by atoms with Crippen LogP contribution < -0.4 is 5.73 Å². The smallest absolute Gasteiger partial charge is 0.399 e. The van der Waals surface area contributed by atoms with Gasteiger partial charge in [0.15, 0.2) is 0 Å². The van der Waals surface area contributed by atoms with Gasteiger partial charge in [-0.15, -0.1) is 0 Å². The normalized spacial score (nSPS) is 15.6. The molecule has 0 amide bonds. The molecule has 0 bridgehead atoms. The summed E-state index contributed by atoms with van der Waals surface area (Å²) in [6, 6.07) is 0. The number of carboxylic acid groups (broad SMARTS) is 2. The molecule has 15 heavy (non-hydrogen) atoms. The van der Waals surface area contributed by atoms with Gasteiger partial charge in [-0.2, -0.15) is 8.42 Å². The predicted molar refractivity (Wildman–Crippen MR) is 44.1 cm³/mol. The zero-order chi connectivity index (χ0) is 12.3. The molecule has 1 atom stereocenters. The average Bonchev–Trinajstić information content (AvgIpc) is 1.97. The molecule has 0 aliphatic carbocycles. The highest BCUT2D eigenvalue weighted by Crippen LogP contribution is 2.14. The van der Waals surface area contributed by atoms with E-state index in [9.17, 15) is 18.0 Å². The number of carbonyl (C=O) groups is 2. The van der Waals surface area contributed by atoms with Crippen LogP contribution in [0.1, 0.15) is 12.8 Å². The Morgan fingerprint density at radius 1 is 1.33 bits per heavy atom. The third kappa shape index (κ3) is 5.27. The lowest BCUT2D eigenvalue weighted by molar-refractivity contribution is -0.156. The first kappa shape index (κ1) is 13.8. The van der Waals surface area contributed by atoms with Gasteiger partial charge < -0.3 is 10.2 Å². The zero-order valence-electron chi connectivity index (χ0n) is 7.28. The lowest BCUT2D eigenvalue weighted by atomic mass is 10.1. The number of hydrogen-bond acceptors (Lipinski definition) is 6. The van der Waals surface area contributed by atoms with E-state index in [2.05, 4.69) is 4.18 Å². The van der Waals surface area contributed by atoms with Crippen molar-refractivity contribution in [1.82, 2.24) is 0 Å². The van der Waals surface area contributed by atoms with Crippen molar-refractivity contribution < 1.29 is 37.0 Å². The monoisotopic (exact) mass is 243 g/mol. The summed E-state index contributed by atoms with van der Waals surface area (Å²) in [5, 5.41) is 16.7. The number of nitrogens with two attached hydrogens (primary N) is 1. The van der Waals surface area contributed by atoms with Gasteiger partial charge in [0.05, 0.1) is 6.42 Å². The van der Waals surface area contributed by atoms with Crippen molar-refractivity contribution in [2.45, 2.75) is 18.6 Å². The summed E-state index contributed by atoms with van der Waals surface area (Å²) in [6.45, 7) is 0. The molecule has 0 aliphatic rings. The lowest BCUT2D eigenvalue weighted by Crippen LogP contribution is -2.51. The van der Waals surface area contributed by atoms with E-state index < -0.39 is 40.9 Å². The van der Waals surface area contributed by atoms with Crippen molar-refractivity contribution in [3.05, 3.63) is 0 Å². The van der Waals surface area contributed by atoms with Crippen molar-refractivity contribution in [2.24, 2.45) is 5.73 Å². The molecule has 0 saturated carbocycles.